The summed E-state index contributed by atoms with van der Waals surface area (Å²) in [6, 6.07) is 17.6. The van der Waals surface area contributed by atoms with Gasteiger partial charge in [-0.1, -0.05) is 51.4 Å². The number of hydrogen-bond donors (Lipinski definition) is 0. The molecule has 30 heavy (non-hydrogen) atoms. The Balaban J connectivity index is 1.39. The van der Waals surface area contributed by atoms with Crippen LogP contribution in [0.4, 0.5) is 0 Å². The van der Waals surface area contributed by atoms with Crippen molar-refractivity contribution in [1.29, 1.82) is 0 Å². The minimum absolute atomic E-state index is 0.405. The number of benzene rings is 2. The highest BCUT2D eigenvalue weighted by Crippen LogP contribution is 2.33. The zero-order valence-corrected chi connectivity index (χ0v) is 18.3. The Bertz CT molecular complexity index is 1090. The molecule has 0 radical (unpaired) electrons. The number of hydrogen-bond acceptors (Lipinski definition) is 7. The number of aromatic nitrogens is 3. The lowest BCUT2D eigenvalue weighted by atomic mass is 10.1. The second-order valence-electron chi connectivity index (χ2n) is 6.87. The molecule has 4 aromatic rings. The minimum Gasteiger partial charge on any atom is -0.492 e. The van der Waals surface area contributed by atoms with Gasteiger partial charge >= 0.3 is 0 Å². The molecule has 0 aliphatic rings. The Kier molecular flexibility index (Phi) is 6.25. The van der Waals surface area contributed by atoms with Crippen LogP contribution in [-0.4, -0.2) is 40.5 Å². The van der Waals surface area contributed by atoms with Crippen LogP contribution in [0, 0.1) is 6.92 Å². The number of rotatable bonds is 8. The first-order valence-corrected chi connectivity index (χ1v) is 10.3. The van der Waals surface area contributed by atoms with Crippen LogP contribution in [0.5, 0.6) is 5.75 Å². The van der Waals surface area contributed by atoms with Crippen molar-refractivity contribution in [2.24, 2.45) is 0 Å². The van der Waals surface area contributed by atoms with Crippen LogP contribution < -0.4 is 4.74 Å². The van der Waals surface area contributed by atoms with Crippen molar-refractivity contribution in [3.05, 3.63) is 70.7 Å². The third-order valence-electron chi connectivity index (χ3n) is 4.55. The van der Waals surface area contributed by atoms with Gasteiger partial charge in [0.2, 0.25) is 5.89 Å². The third-order valence-corrected chi connectivity index (χ3v) is 5.08. The van der Waals surface area contributed by atoms with E-state index in [2.05, 4.69) is 36.2 Å². The molecule has 2 aromatic heterocycles. The number of ether oxygens (including phenoxy) is 1. The smallest absolute Gasteiger partial charge is 0.253 e. The second-order valence-corrected chi connectivity index (χ2v) is 7.79. The molecule has 0 bridgehead atoms. The van der Waals surface area contributed by atoms with E-state index in [1.807, 2.05) is 68.6 Å². The lowest BCUT2D eigenvalue weighted by Gasteiger charge is -2.14. The molecule has 8 heteroatoms. The van der Waals surface area contributed by atoms with Crippen LogP contribution in [0.15, 0.2) is 68.0 Å². The number of likely N-dealkylation sites (N-methyl/N-ethyl adjacent to an activating group) is 1. The van der Waals surface area contributed by atoms with E-state index < -0.39 is 0 Å². The summed E-state index contributed by atoms with van der Waals surface area (Å²) in [5.41, 5.74) is 2.35. The highest BCUT2D eigenvalue weighted by Gasteiger charge is 2.22. The van der Waals surface area contributed by atoms with Gasteiger partial charge in [0.15, 0.2) is 0 Å². The Morgan fingerprint density at radius 2 is 1.80 bits per heavy atom. The molecule has 0 saturated heterocycles. The average Bonchev–Trinajstić information content (AvgIpc) is 3.36. The summed E-state index contributed by atoms with van der Waals surface area (Å²) in [4.78, 5) is 2.06. The standard InChI is InChI=1S/C22H21BrN4O3/c1-15-20(21(26-30-15)16-6-4-3-5-7-16)22-25-24-19(29-22)14-27(2)12-13-28-18-10-8-17(23)9-11-18/h3-11H,12-14H2,1-2H3. The van der Waals surface area contributed by atoms with Crippen LogP contribution in [0.3, 0.4) is 0 Å². The van der Waals surface area contributed by atoms with Crippen molar-refractivity contribution in [2.75, 3.05) is 20.2 Å². The maximum atomic E-state index is 5.91. The topological polar surface area (TPSA) is 77.4 Å². The van der Waals surface area contributed by atoms with Gasteiger partial charge in [0.25, 0.3) is 5.89 Å². The molecule has 0 spiro atoms. The Labute approximate surface area is 182 Å². The monoisotopic (exact) mass is 468 g/mol. The molecule has 2 aromatic carbocycles. The highest BCUT2D eigenvalue weighted by molar-refractivity contribution is 9.10. The maximum absolute atomic E-state index is 5.91. The average molecular weight is 469 g/mol. The number of nitrogens with zero attached hydrogens (tertiary/aromatic N) is 4. The summed E-state index contributed by atoms with van der Waals surface area (Å²) in [6.45, 7) is 3.63. The maximum Gasteiger partial charge on any atom is 0.253 e. The molecule has 0 saturated carbocycles. The number of halogens is 1. The molecule has 0 aliphatic carbocycles. The van der Waals surface area contributed by atoms with E-state index in [0.29, 0.717) is 36.4 Å². The van der Waals surface area contributed by atoms with Crippen molar-refractivity contribution < 1.29 is 13.7 Å². The molecule has 0 unspecified atom stereocenters. The SMILES string of the molecule is Cc1onc(-c2ccccc2)c1-c1nnc(CN(C)CCOc2ccc(Br)cc2)o1. The first-order valence-electron chi connectivity index (χ1n) is 9.51. The molecule has 0 aliphatic heterocycles. The fraction of sp³-hybridized carbons (Fsp3) is 0.227. The second kappa shape index (κ2) is 9.23. The summed E-state index contributed by atoms with van der Waals surface area (Å²) in [5, 5.41) is 12.6. The summed E-state index contributed by atoms with van der Waals surface area (Å²) in [7, 11) is 1.98. The fourth-order valence-corrected chi connectivity index (χ4v) is 3.26. The predicted octanol–water partition coefficient (Wildman–Crippen LogP) is 4.97. The van der Waals surface area contributed by atoms with Crippen LogP contribution in [0.1, 0.15) is 11.7 Å². The molecular weight excluding hydrogens is 448 g/mol. The number of aryl methyl sites for hydroxylation is 1. The van der Waals surface area contributed by atoms with Gasteiger partial charge in [-0.05, 0) is 38.2 Å². The summed E-state index contributed by atoms with van der Waals surface area (Å²) in [5.74, 6) is 2.40. The summed E-state index contributed by atoms with van der Waals surface area (Å²) < 4.78 is 18.1. The molecular formula is C22H21BrN4O3. The van der Waals surface area contributed by atoms with Gasteiger partial charge in [-0.2, -0.15) is 0 Å². The molecule has 0 fully saturated rings. The minimum atomic E-state index is 0.405. The van der Waals surface area contributed by atoms with E-state index in [4.69, 9.17) is 13.7 Å². The zero-order valence-electron chi connectivity index (χ0n) is 16.7. The van der Waals surface area contributed by atoms with Crippen molar-refractivity contribution in [1.82, 2.24) is 20.3 Å². The molecule has 2 heterocycles. The van der Waals surface area contributed by atoms with Gasteiger partial charge in [0, 0.05) is 16.6 Å². The van der Waals surface area contributed by atoms with Crippen molar-refractivity contribution in [3.63, 3.8) is 0 Å². The highest BCUT2D eigenvalue weighted by atomic mass is 79.9. The van der Waals surface area contributed by atoms with E-state index >= 15 is 0 Å². The van der Waals surface area contributed by atoms with Gasteiger partial charge < -0.3 is 13.7 Å². The Hall–Kier alpha value is -2.97. The molecule has 7 nitrogen and oxygen atoms in total. The quantitative estimate of drug-likeness (QED) is 0.361. The van der Waals surface area contributed by atoms with E-state index in [1.54, 1.807) is 0 Å². The Morgan fingerprint density at radius 1 is 1.03 bits per heavy atom. The van der Waals surface area contributed by atoms with Gasteiger partial charge in [0.1, 0.15) is 29.4 Å². The molecule has 0 amide bonds. The summed E-state index contributed by atoms with van der Waals surface area (Å²) in [6.07, 6.45) is 0. The largest absolute Gasteiger partial charge is 0.492 e. The van der Waals surface area contributed by atoms with Crippen LogP contribution >= 0.6 is 15.9 Å². The van der Waals surface area contributed by atoms with Crippen molar-refractivity contribution >= 4 is 15.9 Å². The van der Waals surface area contributed by atoms with E-state index in [0.717, 1.165) is 27.9 Å². The van der Waals surface area contributed by atoms with Crippen LogP contribution in [0.2, 0.25) is 0 Å². The molecule has 0 atom stereocenters. The van der Waals surface area contributed by atoms with Crippen LogP contribution in [-0.2, 0) is 6.54 Å². The van der Waals surface area contributed by atoms with Gasteiger partial charge in [0.05, 0.1) is 6.54 Å². The third kappa shape index (κ3) is 4.77. The van der Waals surface area contributed by atoms with Gasteiger partial charge in [-0.15, -0.1) is 10.2 Å². The fourth-order valence-electron chi connectivity index (χ4n) is 3.00. The van der Waals surface area contributed by atoms with Crippen molar-refractivity contribution in [2.45, 2.75) is 13.5 Å². The van der Waals surface area contributed by atoms with E-state index in [9.17, 15) is 0 Å². The van der Waals surface area contributed by atoms with Crippen LogP contribution in [0.25, 0.3) is 22.7 Å². The van der Waals surface area contributed by atoms with E-state index in [1.165, 1.54) is 0 Å². The van der Waals surface area contributed by atoms with Gasteiger partial charge in [-0.25, -0.2) is 0 Å². The lowest BCUT2D eigenvalue weighted by molar-refractivity contribution is 0.220. The first kappa shape index (κ1) is 20.3. The predicted molar refractivity (Wildman–Crippen MR) is 116 cm³/mol. The zero-order chi connectivity index (χ0) is 20.9. The Morgan fingerprint density at radius 3 is 2.57 bits per heavy atom. The summed E-state index contributed by atoms with van der Waals surface area (Å²) >= 11 is 3.42. The lowest BCUT2D eigenvalue weighted by Crippen LogP contribution is -2.24. The first-order chi connectivity index (χ1) is 14.6. The van der Waals surface area contributed by atoms with Gasteiger partial charge in [-0.3, -0.25) is 4.90 Å². The van der Waals surface area contributed by atoms with E-state index in [-0.39, 0.29) is 0 Å². The molecule has 4 rings (SSSR count). The normalized spacial score (nSPS) is 11.2. The molecule has 0 N–H and O–H groups in total. The molecule has 154 valence electrons. The van der Waals surface area contributed by atoms with Crippen molar-refractivity contribution in [3.8, 4) is 28.5 Å².